The van der Waals surface area contributed by atoms with E-state index in [1.54, 1.807) is 4.57 Å². The molecular formula is C19H27N5O2. The van der Waals surface area contributed by atoms with Gasteiger partial charge in [0, 0.05) is 26.1 Å². The molecule has 1 amide bonds. The van der Waals surface area contributed by atoms with Gasteiger partial charge in [-0.25, -0.2) is 9.89 Å². The zero-order chi connectivity index (χ0) is 18.5. The fourth-order valence-electron chi connectivity index (χ4n) is 3.42. The maximum Gasteiger partial charge on any atom is 0.344 e. The van der Waals surface area contributed by atoms with E-state index in [0.717, 1.165) is 31.4 Å². The van der Waals surface area contributed by atoms with E-state index in [2.05, 4.69) is 15.1 Å². The largest absolute Gasteiger partial charge is 0.344 e. The van der Waals surface area contributed by atoms with E-state index in [9.17, 15) is 9.59 Å². The number of fused-ring (bicyclic) bond motifs is 1. The molecule has 7 heteroatoms. The third-order valence-corrected chi connectivity index (χ3v) is 4.85. The van der Waals surface area contributed by atoms with Gasteiger partial charge in [0.05, 0.1) is 0 Å². The minimum absolute atomic E-state index is 0.00218. The molecule has 7 nitrogen and oxygen atoms in total. The van der Waals surface area contributed by atoms with Gasteiger partial charge >= 0.3 is 5.69 Å². The Hall–Kier alpha value is -2.41. The summed E-state index contributed by atoms with van der Waals surface area (Å²) < 4.78 is 1.57. The average molecular weight is 357 g/mol. The van der Waals surface area contributed by atoms with Gasteiger partial charge in [-0.3, -0.25) is 9.36 Å². The van der Waals surface area contributed by atoms with Crippen LogP contribution in [0.15, 0.2) is 35.1 Å². The Kier molecular flexibility index (Phi) is 5.88. The van der Waals surface area contributed by atoms with Crippen LogP contribution >= 0.6 is 0 Å². The van der Waals surface area contributed by atoms with Gasteiger partial charge in [0.25, 0.3) is 0 Å². The quantitative estimate of drug-likeness (QED) is 0.849. The van der Waals surface area contributed by atoms with Gasteiger partial charge in [0.1, 0.15) is 11.9 Å². The van der Waals surface area contributed by atoms with Crippen LogP contribution in [0.4, 0.5) is 0 Å². The highest BCUT2D eigenvalue weighted by Gasteiger charge is 2.31. The van der Waals surface area contributed by atoms with Crippen molar-refractivity contribution in [2.24, 2.45) is 0 Å². The first-order valence-electron chi connectivity index (χ1n) is 9.19. The Bertz CT molecular complexity index is 781. The van der Waals surface area contributed by atoms with Gasteiger partial charge in [-0.05, 0) is 32.5 Å². The molecule has 0 saturated carbocycles. The first-order chi connectivity index (χ1) is 12.6. The van der Waals surface area contributed by atoms with Gasteiger partial charge in [0.2, 0.25) is 5.91 Å². The van der Waals surface area contributed by atoms with Crippen molar-refractivity contribution in [1.82, 2.24) is 24.6 Å². The molecule has 0 fully saturated rings. The number of aromatic amines is 1. The summed E-state index contributed by atoms with van der Waals surface area (Å²) in [6, 6.07) is 9.52. The molecule has 0 bridgehead atoms. The lowest BCUT2D eigenvalue weighted by Gasteiger charge is -2.28. The molecule has 1 N–H and O–H groups in total. The molecule has 3 rings (SSSR count). The molecule has 0 spiro atoms. The van der Waals surface area contributed by atoms with Crippen LogP contribution in [0, 0.1) is 0 Å². The molecule has 0 saturated heterocycles. The molecule has 1 aliphatic heterocycles. The Labute approximate surface area is 153 Å². The topological polar surface area (TPSA) is 74.2 Å². The van der Waals surface area contributed by atoms with E-state index in [1.165, 1.54) is 0 Å². The first-order valence-corrected chi connectivity index (χ1v) is 9.19. The van der Waals surface area contributed by atoms with Crippen molar-refractivity contribution in [3.05, 3.63) is 52.2 Å². The van der Waals surface area contributed by atoms with E-state index in [-0.39, 0.29) is 11.6 Å². The van der Waals surface area contributed by atoms with Crippen LogP contribution in [-0.4, -0.2) is 57.7 Å². The molecule has 2 aromatic rings. The minimum Gasteiger partial charge on any atom is -0.335 e. The van der Waals surface area contributed by atoms with Gasteiger partial charge in [-0.1, -0.05) is 36.8 Å². The zero-order valence-electron chi connectivity index (χ0n) is 15.5. The maximum absolute atomic E-state index is 13.4. The van der Waals surface area contributed by atoms with Crippen LogP contribution < -0.4 is 5.69 Å². The molecule has 1 aliphatic rings. The van der Waals surface area contributed by atoms with Gasteiger partial charge in [0.15, 0.2) is 0 Å². The highest BCUT2D eigenvalue weighted by Crippen LogP contribution is 2.23. The van der Waals surface area contributed by atoms with Crippen molar-refractivity contribution in [2.75, 3.05) is 27.2 Å². The van der Waals surface area contributed by atoms with E-state index in [1.807, 2.05) is 49.3 Å². The molecule has 26 heavy (non-hydrogen) atoms. The number of H-pyrrole nitrogens is 1. The van der Waals surface area contributed by atoms with Crippen molar-refractivity contribution in [3.8, 4) is 0 Å². The van der Waals surface area contributed by atoms with Crippen LogP contribution in [0.3, 0.4) is 0 Å². The monoisotopic (exact) mass is 357 g/mol. The molecule has 1 atom stereocenters. The summed E-state index contributed by atoms with van der Waals surface area (Å²) >= 11 is 0. The summed E-state index contributed by atoms with van der Waals surface area (Å²) in [7, 11) is 3.99. The number of nitrogens with zero attached hydrogens (tertiary/aromatic N) is 4. The number of carbonyl (C=O) groups excluding carboxylic acids is 1. The zero-order valence-corrected chi connectivity index (χ0v) is 15.5. The third-order valence-electron chi connectivity index (χ3n) is 4.85. The number of rotatable bonds is 6. The van der Waals surface area contributed by atoms with Gasteiger partial charge in [-0.15, -0.1) is 0 Å². The average Bonchev–Trinajstić information content (AvgIpc) is 2.87. The van der Waals surface area contributed by atoms with Crippen molar-refractivity contribution >= 4 is 5.91 Å². The number of nitrogens with one attached hydrogen (secondary N) is 1. The standard InChI is InChI=1S/C19H27N5O2/c1-22(2)12-13-23(14-15-8-4-3-5-9-15)18(25)16-10-6-7-11-17-20-21-19(26)24(16)17/h3-5,8-9,16H,6-7,10-14H2,1-2H3,(H,21,26). The number of hydrogen-bond donors (Lipinski definition) is 1. The van der Waals surface area contributed by atoms with Crippen LogP contribution in [0.25, 0.3) is 0 Å². The number of aryl methyl sites for hydroxylation is 1. The number of likely N-dealkylation sites (N-methyl/N-ethyl adjacent to an activating group) is 1. The Morgan fingerprint density at radius 2 is 2.00 bits per heavy atom. The molecule has 0 aliphatic carbocycles. The SMILES string of the molecule is CN(C)CCN(Cc1ccccc1)C(=O)C1CCCCc2n[nH]c(=O)n21. The second kappa shape index (κ2) is 8.31. The molecule has 1 unspecified atom stereocenters. The van der Waals surface area contributed by atoms with Crippen molar-refractivity contribution in [1.29, 1.82) is 0 Å². The van der Waals surface area contributed by atoms with Crippen LogP contribution in [0.5, 0.6) is 0 Å². The van der Waals surface area contributed by atoms with Crippen molar-refractivity contribution in [3.63, 3.8) is 0 Å². The lowest BCUT2D eigenvalue weighted by atomic mass is 10.1. The number of benzene rings is 1. The molecule has 140 valence electrons. The lowest BCUT2D eigenvalue weighted by molar-refractivity contribution is -0.136. The predicted octanol–water partition coefficient (Wildman–Crippen LogP) is 1.43. The molecule has 0 radical (unpaired) electrons. The van der Waals surface area contributed by atoms with Gasteiger partial charge < -0.3 is 9.80 Å². The van der Waals surface area contributed by atoms with Crippen LogP contribution in [-0.2, 0) is 17.8 Å². The first kappa shape index (κ1) is 18.4. The smallest absolute Gasteiger partial charge is 0.335 e. The fourth-order valence-corrected chi connectivity index (χ4v) is 3.42. The van der Waals surface area contributed by atoms with E-state index < -0.39 is 6.04 Å². The summed E-state index contributed by atoms with van der Waals surface area (Å²) in [5.74, 6) is 0.695. The van der Waals surface area contributed by atoms with E-state index in [0.29, 0.717) is 25.3 Å². The summed E-state index contributed by atoms with van der Waals surface area (Å²) in [4.78, 5) is 29.6. The molecule has 1 aromatic heterocycles. The number of hydrogen-bond acceptors (Lipinski definition) is 4. The summed E-state index contributed by atoms with van der Waals surface area (Å²) in [6.07, 6.45) is 3.29. The third kappa shape index (κ3) is 4.22. The van der Waals surface area contributed by atoms with E-state index in [4.69, 9.17) is 0 Å². The second-order valence-corrected chi connectivity index (χ2v) is 7.13. The Morgan fingerprint density at radius 3 is 2.73 bits per heavy atom. The highest BCUT2D eigenvalue weighted by atomic mass is 16.2. The number of aromatic nitrogens is 3. The number of carbonyl (C=O) groups is 1. The maximum atomic E-state index is 13.4. The van der Waals surface area contributed by atoms with Crippen LogP contribution in [0.1, 0.15) is 36.7 Å². The molecular weight excluding hydrogens is 330 g/mol. The highest BCUT2D eigenvalue weighted by molar-refractivity contribution is 5.80. The normalized spacial score (nSPS) is 17.0. The van der Waals surface area contributed by atoms with Crippen molar-refractivity contribution in [2.45, 2.75) is 38.3 Å². The summed E-state index contributed by atoms with van der Waals surface area (Å²) in [5.41, 5.74) is 0.806. The van der Waals surface area contributed by atoms with Gasteiger partial charge in [-0.2, -0.15) is 5.10 Å². The summed E-state index contributed by atoms with van der Waals surface area (Å²) in [5, 5.41) is 6.62. The second-order valence-electron chi connectivity index (χ2n) is 7.13. The Morgan fingerprint density at radius 1 is 1.23 bits per heavy atom. The van der Waals surface area contributed by atoms with Crippen LogP contribution in [0.2, 0.25) is 0 Å². The van der Waals surface area contributed by atoms with Crippen molar-refractivity contribution < 1.29 is 4.79 Å². The lowest BCUT2D eigenvalue weighted by Crippen LogP contribution is -2.42. The van der Waals surface area contributed by atoms with E-state index >= 15 is 0 Å². The summed E-state index contributed by atoms with van der Waals surface area (Å²) in [6.45, 7) is 1.95. The minimum atomic E-state index is -0.468. The molecule has 2 heterocycles. The Balaban J connectivity index is 1.86. The molecule has 1 aromatic carbocycles. The number of amides is 1. The predicted molar refractivity (Wildman–Crippen MR) is 99.9 cm³/mol. The fraction of sp³-hybridized carbons (Fsp3) is 0.526.